The maximum Gasteiger partial charge on any atom is 0.336 e. The van der Waals surface area contributed by atoms with Gasteiger partial charge in [-0.2, -0.15) is 5.26 Å². The lowest BCUT2D eigenvalue weighted by Crippen LogP contribution is -2.21. The zero-order valence-electron chi connectivity index (χ0n) is 23.3. The molecule has 9 heteroatoms. The van der Waals surface area contributed by atoms with Crippen molar-refractivity contribution in [1.29, 1.82) is 5.26 Å². The predicted octanol–water partition coefficient (Wildman–Crippen LogP) is 7.73. The van der Waals surface area contributed by atoms with E-state index in [1.165, 1.54) is 17.7 Å². The second kappa shape index (κ2) is 13.0. The summed E-state index contributed by atoms with van der Waals surface area (Å²) >= 11 is 12.1. The van der Waals surface area contributed by atoms with Gasteiger partial charge in [-0.25, -0.2) is 4.79 Å². The number of hydrogen-bond donors (Lipinski definition) is 1. The molecule has 1 atom stereocenters. The van der Waals surface area contributed by atoms with Crippen LogP contribution in [-0.2, 0) is 11.4 Å². The number of nitrogens with two attached hydrogens (primary N) is 1. The molecule has 5 rings (SSSR count). The number of nitrogens with zero attached hydrogens (tertiary/aromatic N) is 1. The molecule has 216 valence electrons. The molecule has 1 aliphatic rings. The van der Waals surface area contributed by atoms with E-state index in [2.05, 4.69) is 6.07 Å². The molecule has 1 heterocycles. The van der Waals surface area contributed by atoms with Crippen LogP contribution in [0.1, 0.15) is 33.7 Å². The fourth-order valence-electron chi connectivity index (χ4n) is 4.62. The molecule has 0 saturated carbocycles. The van der Waals surface area contributed by atoms with Gasteiger partial charge in [-0.3, -0.25) is 0 Å². The van der Waals surface area contributed by atoms with E-state index in [1.54, 1.807) is 49.6 Å². The van der Waals surface area contributed by atoms with E-state index in [1.807, 2.05) is 43.3 Å². The fraction of sp³-hybridized carbons (Fsp3) is 0.118. The van der Waals surface area contributed by atoms with Crippen LogP contribution in [-0.4, -0.2) is 13.1 Å². The van der Waals surface area contributed by atoms with Crippen LogP contribution in [0, 0.1) is 18.3 Å². The van der Waals surface area contributed by atoms with Crippen LogP contribution in [0.2, 0.25) is 10.0 Å². The van der Waals surface area contributed by atoms with Crippen molar-refractivity contribution in [2.24, 2.45) is 5.73 Å². The van der Waals surface area contributed by atoms with Crippen molar-refractivity contribution in [2.75, 3.05) is 7.11 Å². The highest BCUT2D eigenvalue weighted by molar-refractivity contribution is 6.35. The lowest BCUT2D eigenvalue weighted by Gasteiger charge is -2.27. The second-order valence-corrected chi connectivity index (χ2v) is 10.6. The Morgan fingerprint density at radius 1 is 1.02 bits per heavy atom. The molecule has 1 aliphatic heterocycles. The average molecular weight is 613 g/mol. The van der Waals surface area contributed by atoms with Gasteiger partial charge >= 0.3 is 5.97 Å². The largest absolute Gasteiger partial charge is 0.493 e. The Morgan fingerprint density at radius 3 is 2.53 bits per heavy atom. The number of carbonyl (C=O) groups is 1. The summed E-state index contributed by atoms with van der Waals surface area (Å²) in [5.74, 6) is 0.446. The number of esters is 1. The molecule has 7 nitrogen and oxygen atoms in total. The summed E-state index contributed by atoms with van der Waals surface area (Å²) in [4.78, 5) is 12.5. The smallest absolute Gasteiger partial charge is 0.336 e. The molecule has 0 spiro atoms. The summed E-state index contributed by atoms with van der Waals surface area (Å²) in [5.41, 5.74) is 10.7. The van der Waals surface area contributed by atoms with Gasteiger partial charge in [0, 0.05) is 27.8 Å². The second-order valence-electron chi connectivity index (χ2n) is 9.73. The van der Waals surface area contributed by atoms with Gasteiger partial charge in [0.1, 0.15) is 29.7 Å². The molecule has 0 radical (unpaired) electrons. The summed E-state index contributed by atoms with van der Waals surface area (Å²) in [6.07, 6.45) is 2.79. The standard InChI is InChI=1S/C34H26Cl2N2O5/c1-20-3-5-21(6-4-20)19-41-29-13-8-23(15-31(29)40-2)33-26-12-11-25(17-30(26)43-34(38)27(33)18-37)42-32(39)14-9-22-7-10-24(35)16-28(22)36/h3-17,33H,19,38H2,1-2H3/b14-9+. The van der Waals surface area contributed by atoms with Crippen LogP contribution in [0.4, 0.5) is 0 Å². The quantitative estimate of drug-likeness (QED) is 0.123. The normalized spacial score (nSPS) is 14.1. The van der Waals surface area contributed by atoms with Crippen molar-refractivity contribution in [2.45, 2.75) is 19.4 Å². The van der Waals surface area contributed by atoms with Gasteiger partial charge in [0.25, 0.3) is 0 Å². The van der Waals surface area contributed by atoms with E-state index < -0.39 is 11.9 Å². The summed E-state index contributed by atoms with van der Waals surface area (Å²) in [5, 5.41) is 10.9. The third-order valence-corrected chi connectivity index (χ3v) is 7.37. The molecular weight excluding hydrogens is 587 g/mol. The van der Waals surface area contributed by atoms with Gasteiger partial charge in [-0.15, -0.1) is 0 Å². The summed E-state index contributed by atoms with van der Waals surface area (Å²) in [6, 6.07) is 25.6. The minimum Gasteiger partial charge on any atom is -0.493 e. The Kier molecular flexibility index (Phi) is 8.91. The molecule has 0 bridgehead atoms. The number of benzene rings is 4. The van der Waals surface area contributed by atoms with Crippen LogP contribution in [0.25, 0.3) is 6.08 Å². The molecule has 43 heavy (non-hydrogen) atoms. The highest BCUT2D eigenvalue weighted by Gasteiger charge is 2.31. The van der Waals surface area contributed by atoms with Crippen LogP contribution in [0.15, 0.2) is 96.4 Å². The first-order chi connectivity index (χ1) is 20.7. The topological polar surface area (TPSA) is 104 Å². The monoisotopic (exact) mass is 612 g/mol. The summed E-state index contributed by atoms with van der Waals surface area (Å²) in [7, 11) is 1.56. The van der Waals surface area contributed by atoms with E-state index in [0.717, 1.165) is 11.1 Å². The summed E-state index contributed by atoms with van der Waals surface area (Å²) in [6.45, 7) is 2.40. The Labute approximate surface area is 259 Å². The maximum atomic E-state index is 12.5. The van der Waals surface area contributed by atoms with Gasteiger partial charge in [0.2, 0.25) is 5.88 Å². The molecule has 4 aromatic rings. The molecule has 1 unspecified atom stereocenters. The molecule has 0 amide bonds. The van der Waals surface area contributed by atoms with Gasteiger partial charge in [-0.05, 0) is 60.0 Å². The number of methoxy groups -OCH3 is 1. The van der Waals surface area contributed by atoms with Crippen molar-refractivity contribution < 1.29 is 23.7 Å². The van der Waals surface area contributed by atoms with Crippen molar-refractivity contribution in [3.8, 4) is 29.1 Å². The van der Waals surface area contributed by atoms with Crippen LogP contribution >= 0.6 is 23.2 Å². The van der Waals surface area contributed by atoms with Gasteiger partial charge in [-0.1, -0.05) is 71.2 Å². The van der Waals surface area contributed by atoms with E-state index in [9.17, 15) is 10.1 Å². The minimum absolute atomic E-state index is 0.0422. The molecule has 2 N–H and O–H groups in total. The maximum absolute atomic E-state index is 12.5. The number of allylic oxidation sites excluding steroid dienone is 1. The lowest BCUT2D eigenvalue weighted by atomic mass is 9.83. The lowest BCUT2D eigenvalue weighted by molar-refractivity contribution is -0.128. The number of rotatable bonds is 8. The predicted molar refractivity (Wildman–Crippen MR) is 165 cm³/mol. The number of carbonyl (C=O) groups excluding carboxylic acids is 1. The van der Waals surface area contributed by atoms with E-state index >= 15 is 0 Å². The molecular formula is C34H26Cl2N2O5. The number of ether oxygens (including phenoxy) is 4. The van der Waals surface area contributed by atoms with Crippen LogP contribution in [0.5, 0.6) is 23.0 Å². The van der Waals surface area contributed by atoms with Crippen LogP contribution in [0.3, 0.4) is 0 Å². The Morgan fingerprint density at radius 2 is 1.81 bits per heavy atom. The highest BCUT2D eigenvalue weighted by Crippen LogP contribution is 2.45. The van der Waals surface area contributed by atoms with Gasteiger partial charge in [0.05, 0.1) is 13.0 Å². The zero-order valence-corrected chi connectivity index (χ0v) is 24.8. The number of hydrogen-bond acceptors (Lipinski definition) is 7. The number of halogens is 2. The number of fused-ring (bicyclic) bond motifs is 1. The molecule has 0 fully saturated rings. The van der Waals surface area contributed by atoms with Gasteiger partial charge < -0.3 is 24.7 Å². The van der Waals surface area contributed by atoms with Gasteiger partial charge in [0.15, 0.2) is 11.5 Å². The first-order valence-corrected chi connectivity index (χ1v) is 13.9. The van der Waals surface area contributed by atoms with E-state index in [4.69, 9.17) is 47.9 Å². The van der Waals surface area contributed by atoms with E-state index in [0.29, 0.717) is 45.0 Å². The number of aryl methyl sites for hydroxylation is 1. The fourth-order valence-corrected chi connectivity index (χ4v) is 5.09. The molecule has 4 aromatic carbocycles. The SMILES string of the molecule is COc1cc(C2C(C#N)=C(N)Oc3cc(OC(=O)/C=C/c4ccc(Cl)cc4Cl)ccc32)ccc1OCc1ccc(C)cc1. The molecule has 0 aliphatic carbocycles. The third kappa shape index (κ3) is 6.78. The first-order valence-electron chi connectivity index (χ1n) is 13.2. The Bertz CT molecular complexity index is 1790. The minimum atomic E-state index is -0.620. The number of nitriles is 1. The summed E-state index contributed by atoms with van der Waals surface area (Å²) < 4.78 is 22.9. The van der Waals surface area contributed by atoms with Crippen molar-refractivity contribution >= 4 is 35.2 Å². The first kappa shape index (κ1) is 29.6. The van der Waals surface area contributed by atoms with Crippen molar-refractivity contribution in [3.63, 3.8) is 0 Å². The third-order valence-electron chi connectivity index (χ3n) is 6.81. The molecule has 0 aromatic heterocycles. The van der Waals surface area contributed by atoms with Crippen molar-refractivity contribution in [3.05, 3.63) is 134 Å². The van der Waals surface area contributed by atoms with E-state index in [-0.39, 0.29) is 17.2 Å². The molecule has 0 saturated heterocycles. The Balaban J connectivity index is 1.38. The average Bonchev–Trinajstić information content (AvgIpc) is 2.99. The highest BCUT2D eigenvalue weighted by atomic mass is 35.5. The Hall–Kier alpha value is -4.90. The van der Waals surface area contributed by atoms with Crippen molar-refractivity contribution in [1.82, 2.24) is 0 Å². The van der Waals surface area contributed by atoms with Crippen LogP contribution < -0.4 is 24.7 Å². The zero-order chi connectivity index (χ0) is 30.5.